The number of rotatable bonds is 3. The summed E-state index contributed by atoms with van der Waals surface area (Å²) in [7, 11) is 0. The third kappa shape index (κ3) is 2.55. The topological polar surface area (TPSA) is 57.8 Å². The van der Waals surface area contributed by atoms with Gasteiger partial charge in [0.25, 0.3) is 5.24 Å². The first-order valence-electron chi connectivity index (χ1n) is 5.07. The second-order valence-corrected chi connectivity index (χ2v) is 4.06. The number of H-pyrrole nitrogens is 1. The summed E-state index contributed by atoms with van der Waals surface area (Å²) >= 11 is 3.64. The standard InChI is InChI=1S/C11H13N3OS/c1-7-13-9-3-2-8(6-10(9)14-7)4-5-12-11(15)16/h2-3,6H,4-5H2,1H3,(H,13,14)(H2,12,15,16). The van der Waals surface area contributed by atoms with Gasteiger partial charge in [0.05, 0.1) is 11.0 Å². The Morgan fingerprint density at radius 1 is 1.56 bits per heavy atom. The Hall–Kier alpha value is -1.49. The monoisotopic (exact) mass is 235 g/mol. The molecule has 0 saturated heterocycles. The molecule has 5 heteroatoms. The summed E-state index contributed by atoms with van der Waals surface area (Å²) in [4.78, 5) is 18.1. The highest BCUT2D eigenvalue weighted by Gasteiger charge is 2.01. The van der Waals surface area contributed by atoms with Crippen LogP contribution in [0.5, 0.6) is 0 Å². The number of thiol groups is 1. The number of carbonyl (C=O) groups is 1. The molecule has 1 aromatic carbocycles. The van der Waals surface area contributed by atoms with Gasteiger partial charge in [0.1, 0.15) is 5.82 Å². The zero-order chi connectivity index (χ0) is 11.5. The summed E-state index contributed by atoms with van der Waals surface area (Å²) in [6.07, 6.45) is 0.792. The fourth-order valence-electron chi connectivity index (χ4n) is 1.65. The van der Waals surface area contributed by atoms with Crippen LogP contribution < -0.4 is 5.32 Å². The molecule has 16 heavy (non-hydrogen) atoms. The van der Waals surface area contributed by atoms with Gasteiger partial charge in [-0.1, -0.05) is 18.7 Å². The van der Waals surface area contributed by atoms with Gasteiger partial charge in [-0.2, -0.15) is 0 Å². The van der Waals surface area contributed by atoms with Crippen molar-refractivity contribution in [2.24, 2.45) is 0 Å². The first-order chi connectivity index (χ1) is 7.65. The Bertz CT molecular complexity index is 521. The summed E-state index contributed by atoms with van der Waals surface area (Å²) in [5, 5.41) is 2.35. The van der Waals surface area contributed by atoms with E-state index < -0.39 is 0 Å². The van der Waals surface area contributed by atoms with E-state index in [1.54, 1.807) is 0 Å². The van der Waals surface area contributed by atoms with E-state index in [9.17, 15) is 4.79 Å². The molecule has 0 fully saturated rings. The number of aryl methyl sites for hydroxylation is 1. The van der Waals surface area contributed by atoms with Gasteiger partial charge in [-0.15, -0.1) is 0 Å². The summed E-state index contributed by atoms with van der Waals surface area (Å²) in [6, 6.07) is 6.06. The largest absolute Gasteiger partial charge is 0.347 e. The van der Waals surface area contributed by atoms with Crippen molar-refractivity contribution in [2.45, 2.75) is 13.3 Å². The molecule has 0 unspecified atom stereocenters. The van der Waals surface area contributed by atoms with Crippen LogP contribution in [-0.2, 0) is 6.42 Å². The minimum atomic E-state index is -0.293. The lowest BCUT2D eigenvalue weighted by atomic mass is 10.1. The third-order valence-corrected chi connectivity index (χ3v) is 2.51. The molecule has 1 aromatic heterocycles. The molecule has 84 valence electrons. The number of nitrogens with one attached hydrogen (secondary N) is 2. The van der Waals surface area contributed by atoms with Gasteiger partial charge in [-0.25, -0.2) is 4.98 Å². The van der Waals surface area contributed by atoms with Crippen molar-refractivity contribution in [2.75, 3.05) is 6.54 Å². The zero-order valence-corrected chi connectivity index (χ0v) is 9.84. The lowest BCUT2D eigenvalue weighted by Gasteiger charge is -2.01. The lowest BCUT2D eigenvalue weighted by Crippen LogP contribution is -2.19. The molecule has 2 N–H and O–H groups in total. The third-order valence-electron chi connectivity index (χ3n) is 2.35. The van der Waals surface area contributed by atoms with Crippen LogP contribution >= 0.6 is 12.6 Å². The molecule has 0 saturated carbocycles. The first-order valence-corrected chi connectivity index (χ1v) is 5.52. The molecule has 2 rings (SSSR count). The SMILES string of the molecule is Cc1nc2ccc(CCNC(=O)S)cc2[nH]1. The summed E-state index contributed by atoms with van der Waals surface area (Å²) in [6.45, 7) is 2.53. The van der Waals surface area contributed by atoms with Gasteiger partial charge < -0.3 is 10.3 Å². The number of nitrogens with zero attached hydrogens (tertiary/aromatic N) is 1. The second-order valence-electron chi connectivity index (χ2n) is 3.66. The fraction of sp³-hybridized carbons (Fsp3) is 0.273. The maximum Gasteiger partial charge on any atom is 0.275 e. The number of carbonyl (C=O) groups excluding carboxylic acids is 1. The van der Waals surface area contributed by atoms with Crippen molar-refractivity contribution in [1.29, 1.82) is 0 Å². The van der Waals surface area contributed by atoms with Gasteiger partial charge in [-0.05, 0) is 31.0 Å². The van der Waals surface area contributed by atoms with Crippen LogP contribution in [0.2, 0.25) is 0 Å². The minimum absolute atomic E-state index is 0.293. The van der Waals surface area contributed by atoms with Gasteiger partial charge in [0.15, 0.2) is 0 Å². The van der Waals surface area contributed by atoms with Gasteiger partial charge in [0.2, 0.25) is 0 Å². The molecule has 0 spiro atoms. The van der Waals surface area contributed by atoms with E-state index in [0.29, 0.717) is 6.54 Å². The molecule has 0 bridgehead atoms. The molecule has 0 atom stereocenters. The van der Waals surface area contributed by atoms with Crippen molar-refractivity contribution in [1.82, 2.24) is 15.3 Å². The van der Waals surface area contributed by atoms with Crippen molar-refractivity contribution >= 4 is 28.9 Å². The average molecular weight is 235 g/mol. The number of hydrogen-bond donors (Lipinski definition) is 3. The molecule has 0 aliphatic rings. The van der Waals surface area contributed by atoms with Crippen LogP contribution in [0.15, 0.2) is 18.2 Å². The first kappa shape index (κ1) is 11.0. The van der Waals surface area contributed by atoms with Crippen LogP contribution in [0.25, 0.3) is 11.0 Å². The van der Waals surface area contributed by atoms with E-state index in [0.717, 1.165) is 23.3 Å². The van der Waals surface area contributed by atoms with E-state index in [1.807, 2.05) is 19.1 Å². The van der Waals surface area contributed by atoms with Crippen molar-refractivity contribution in [3.63, 3.8) is 0 Å². The molecule has 0 aliphatic carbocycles. The molecule has 1 heterocycles. The fourth-order valence-corrected chi connectivity index (χ4v) is 1.77. The maximum absolute atomic E-state index is 10.6. The lowest BCUT2D eigenvalue weighted by molar-refractivity contribution is 0.261. The average Bonchev–Trinajstić information content (AvgIpc) is 2.56. The van der Waals surface area contributed by atoms with Gasteiger partial charge in [-0.3, -0.25) is 4.79 Å². The van der Waals surface area contributed by atoms with Crippen molar-refractivity contribution < 1.29 is 4.79 Å². The summed E-state index contributed by atoms with van der Waals surface area (Å²) < 4.78 is 0. The van der Waals surface area contributed by atoms with E-state index in [2.05, 4.69) is 34.0 Å². The Kier molecular flexibility index (Phi) is 3.14. The molecular formula is C11H13N3OS. The minimum Gasteiger partial charge on any atom is -0.347 e. The van der Waals surface area contributed by atoms with Crippen LogP contribution in [0.4, 0.5) is 4.79 Å². The Morgan fingerprint density at radius 3 is 3.12 bits per heavy atom. The number of benzene rings is 1. The quantitative estimate of drug-likeness (QED) is 0.713. The summed E-state index contributed by atoms with van der Waals surface area (Å²) in [5.74, 6) is 0.913. The predicted molar refractivity (Wildman–Crippen MR) is 66.9 cm³/mol. The summed E-state index contributed by atoms with van der Waals surface area (Å²) in [5.41, 5.74) is 3.17. The Labute approximate surface area is 98.9 Å². The van der Waals surface area contributed by atoms with Crippen LogP contribution in [-0.4, -0.2) is 21.8 Å². The Morgan fingerprint density at radius 2 is 2.38 bits per heavy atom. The number of amides is 1. The number of aromatic amines is 1. The molecule has 4 nitrogen and oxygen atoms in total. The van der Waals surface area contributed by atoms with E-state index in [-0.39, 0.29) is 5.24 Å². The smallest absolute Gasteiger partial charge is 0.275 e. The number of fused-ring (bicyclic) bond motifs is 1. The molecule has 0 aliphatic heterocycles. The van der Waals surface area contributed by atoms with E-state index in [4.69, 9.17) is 0 Å². The van der Waals surface area contributed by atoms with Crippen molar-refractivity contribution in [3.05, 3.63) is 29.6 Å². The molecule has 2 aromatic rings. The normalized spacial score (nSPS) is 10.6. The number of imidazole rings is 1. The highest BCUT2D eigenvalue weighted by molar-refractivity contribution is 7.96. The van der Waals surface area contributed by atoms with E-state index in [1.165, 1.54) is 5.56 Å². The van der Waals surface area contributed by atoms with Crippen molar-refractivity contribution in [3.8, 4) is 0 Å². The highest BCUT2D eigenvalue weighted by Crippen LogP contribution is 2.13. The predicted octanol–water partition coefficient (Wildman–Crippen LogP) is 2.05. The molecular weight excluding hydrogens is 222 g/mol. The zero-order valence-electron chi connectivity index (χ0n) is 8.95. The maximum atomic E-state index is 10.6. The Balaban J connectivity index is 2.10. The van der Waals surface area contributed by atoms with Gasteiger partial charge >= 0.3 is 0 Å². The van der Waals surface area contributed by atoms with Gasteiger partial charge in [0, 0.05) is 6.54 Å². The molecule has 1 amide bonds. The molecule has 0 radical (unpaired) electrons. The number of hydrogen-bond acceptors (Lipinski definition) is 2. The van der Waals surface area contributed by atoms with Crippen LogP contribution in [0.1, 0.15) is 11.4 Å². The number of aromatic nitrogens is 2. The van der Waals surface area contributed by atoms with Crippen LogP contribution in [0, 0.1) is 6.92 Å². The van der Waals surface area contributed by atoms with E-state index >= 15 is 0 Å². The second kappa shape index (κ2) is 4.57. The highest BCUT2D eigenvalue weighted by atomic mass is 32.1. The van der Waals surface area contributed by atoms with Crippen LogP contribution in [0.3, 0.4) is 0 Å².